The normalized spacial score (nSPS) is 12.6. The van der Waals surface area contributed by atoms with Crippen LogP contribution in [0.25, 0.3) is 0 Å². The topological polar surface area (TPSA) is 24.1 Å². The second-order valence-corrected chi connectivity index (χ2v) is 10.7. The van der Waals surface area contributed by atoms with E-state index in [-0.39, 0.29) is 0 Å². The van der Waals surface area contributed by atoms with Crippen molar-refractivity contribution in [3.63, 3.8) is 0 Å². The lowest BCUT2D eigenvalue weighted by Gasteiger charge is -2.53. The number of hydrogen-bond donors (Lipinski definition) is 2. The van der Waals surface area contributed by atoms with Gasteiger partial charge < -0.3 is 10.6 Å². The fourth-order valence-electron chi connectivity index (χ4n) is 6.12. The van der Waals surface area contributed by atoms with E-state index in [9.17, 15) is 0 Å². The minimum absolute atomic E-state index is 0.309. The summed E-state index contributed by atoms with van der Waals surface area (Å²) >= 11 is 0. The third-order valence-electron chi connectivity index (χ3n) is 8.28. The molecule has 0 aliphatic rings. The second-order valence-electron chi connectivity index (χ2n) is 10.7. The predicted molar refractivity (Wildman–Crippen MR) is 148 cm³/mol. The Morgan fingerprint density at radius 2 is 0.812 bits per heavy atom. The van der Waals surface area contributed by atoms with Crippen LogP contribution in [0.1, 0.15) is 163 Å². The molecular weight excluding hydrogens is 388 g/mol. The summed E-state index contributed by atoms with van der Waals surface area (Å²) in [7, 11) is 4.47. The summed E-state index contributed by atoms with van der Waals surface area (Å²) in [5, 5.41) is 7.62. The lowest BCUT2D eigenvalue weighted by atomic mass is 9.58. The van der Waals surface area contributed by atoms with Crippen molar-refractivity contribution in [2.75, 3.05) is 20.6 Å². The van der Waals surface area contributed by atoms with Crippen molar-refractivity contribution in [1.82, 2.24) is 10.6 Å². The molecular formula is C30H64N2. The maximum atomic E-state index is 4.07. The minimum atomic E-state index is 0.309. The Kier molecular flexibility index (Phi) is 21.4. The van der Waals surface area contributed by atoms with E-state index in [1.807, 2.05) is 0 Å². The molecule has 0 spiro atoms. The van der Waals surface area contributed by atoms with E-state index in [4.69, 9.17) is 0 Å². The lowest BCUT2D eigenvalue weighted by Crippen LogP contribution is -2.58. The molecule has 0 amide bonds. The Morgan fingerprint density at radius 1 is 0.438 bits per heavy atom. The first-order valence-electron chi connectivity index (χ1n) is 14.9. The van der Waals surface area contributed by atoms with Gasteiger partial charge in [-0.2, -0.15) is 0 Å². The number of unbranched alkanes of at least 4 members (excludes halogenated alkanes) is 12. The van der Waals surface area contributed by atoms with Crippen molar-refractivity contribution in [1.29, 1.82) is 0 Å². The number of rotatable bonds is 25. The van der Waals surface area contributed by atoms with Crippen LogP contribution in [0.4, 0.5) is 0 Å². The molecule has 0 unspecified atom stereocenters. The molecule has 0 atom stereocenters. The third-order valence-corrected chi connectivity index (χ3v) is 8.28. The molecule has 0 bridgehead atoms. The van der Waals surface area contributed by atoms with Crippen LogP contribution in [0.5, 0.6) is 0 Å². The molecule has 0 saturated heterocycles. The van der Waals surface area contributed by atoms with E-state index in [0.717, 1.165) is 6.54 Å². The lowest BCUT2D eigenvalue weighted by molar-refractivity contribution is 0.0299. The summed E-state index contributed by atoms with van der Waals surface area (Å²) in [5.41, 5.74) is 0.744. The average Bonchev–Trinajstić information content (AvgIpc) is 2.81. The van der Waals surface area contributed by atoms with Crippen LogP contribution in [0.3, 0.4) is 0 Å². The van der Waals surface area contributed by atoms with Crippen LogP contribution in [0, 0.1) is 5.41 Å². The van der Waals surface area contributed by atoms with Crippen molar-refractivity contribution >= 4 is 0 Å². The molecule has 194 valence electrons. The molecule has 32 heavy (non-hydrogen) atoms. The molecule has 0 aromatic rings. The van der Waals surface area contributed by atoms with Gasteiger partial charge in [-0.15, -0.1) is 0 Å². The van der Waals surface area contributed by atoms with Crippen LogP contribution in [-0.2, 0) is 0 Å². The molecule has 0 rings (SSSR count). The standard InChI is InChI=1S/C30H64N2/c1-7-11-15-19-23-29(27-28-31-5,24-20-16-12-8-2)30(32-6,25-21-17-13-9-3)26-22-18-14-10-4/h31-32H,7-28H2,1-6H3. The summed E-state index contributed by atoms with van der Waals surface area (Å²) in [6, 6.07) is 0. The van der Waals surface area contributed by atoms with Gasteiger partial charge in [0, 0.05) is 5.54 Å². The molecule has 2 nitrogen and oxygen atoms in total. The molecule has 0 saturated carbocycles. The quantitative estimate of drug-likeness (QED) is 0.135. The zero-order valence-corrected chi connectivity index (χ0v) is 23.6. The van der Waals surface area contributed by atoms with Crippen molar-refractivity contribution in [2.24, 2.45) is 5.41 Å². The molecule has 0 aromatic heterocycles. The first-order chi connectivity index (χ1) is 15.6. The summed E-state index contributed by atoms with van der Waals surface area (Å²) < 4.78 is 0. The van der Waals surface area contributed by atoms with Gasteiger partial charge in [0.05, 0.1) is 0 Å². The molecule has 0 heterocycles. The summed E-state index contributed by atoms with van der Waals surface area (Å²) in [4.78, 5) is 0. The molecule has 2 N–H and O–H groups in total. The summed E-state index contributed by atoms with van der Waals surface area (Å²) in [6.07, 6.45) is 29.1. The van der Waals surface area contributed by atoms with Gasteiger partial charge >= 0.3 is 0 Å². The zero-order chi connectivity index (χ0) is 24.0. The van der Waals surface area contributed by atoms with Crippen LogP contribution in [-0.4, -0.2) is 26.2 Å². The first-order valence-corrected chi connectivity index (χ1v) is 14.9. The van der Waals surface area contributed by atoms with Crippen molar-refractivity contribution in [2.45, 2.75) is 168 Å². The van der Waals surface area contributed by atoms with E-state index >= 15 is 0 Å². The highest BCUT2D eigenvalue weighted by molar-refractivity contribution is 5.04. The average molecular weight is 453 g/mol. The van der Waals surface area contributed by atoms with Crippen LogP contribution in [0.2, 0.25) is 0 Å². The third kappa shape index (κ3) is 12.4. The maximum absolute atomic E-state index is 4.07. The monoisotopic (exact) mass is 453 g/mol. The van der Waals surface area contributed by atoms with E-state index in [1.54, 1.807) is 0 Å². The predicted octanol–water partition coefficient (Wildman–Crippen LogP) is 9.42. The fraction of sp³-hybridized carbons (Fsp3) is 1.00. The Morgan fingerprint density at radius 3 is 1.12 bits per heavy atom. The van der Waals surface area contributed by atoms with E-state index in [2.05, 4.69) is 52.4 Å². The molecule has 0 aliphatic carbocycles. The number of hydrogen-bond acceptors (Lipinski definition) is 2. The van der Waals surface area contributed by atoms with Crippen molar-refractivity contribution in [3.8, 4) is 0 Å². The highest BCUT2D eigenvalue weighted by atomic mass is 15.0. The second kappa shape index (κ2) is 21.5. The smallest absolute Gasteiger partial charge is 0.0235 e. The van der Waals surface area contributed by atoms with E-state index in [1.165, 1.54) is 135 Å². The Bertz CT molecular complexity index is 355. The number of nitrogens with one attached hydrogen (secondary N) is 2. The largest absolute Gasteiger partial charge is 0.320 e. The Labute approximate surface area is 204 Å². The van der Waals surface area contributed by atoms with E-state index in [0.29, 0.717) is 11.0 Å². The van der Waals surface area contributed by atoms with Gasteiger partial charge in [0.2, 0.25) is 0 Å². The van der Waals surface area contributed by atoms with Gasteiger partial charge in [-0.05, 0) is 58.2 Å². The Balaban J connectivity index is 5.84. The van der Waals surface area contributed by atoms with E-state index < -0.39 is 0 Å². The highest BCUT2D eigenvalue weighted by Crippen LogP contribution is 2.49. The maximum Gasteiger partial charge on any atom is 0.0235 e. The van der Waals surface area contributed by atoms with Gasteiger partial charge in [0.25, 0.3) is 0 Å². The minimum Gasteiger partial charge on any atom is -0.320 e. The first kappa shape index (κ1) is 31.9. The van der Waals surface area contributed by atoms with Crippen molar-refractivity contribution < 1.29 is 0 Å². The molecule has 0 aliphatic heterocycles. The molecule has 0 radical (unpaired) electrons. The van der Waals surface area contributed by atoms with Gasteiger partial charge in [-0.25, -0.2) is 0 Å². The zero-order valence-electron chi connectivity index (χ0n) is 23.6. The summed E-state index contributed by atoms with van der Waals surface area (Å²) in [6.45, 7) is 10.5. The summed E-state index contributed by atoms with van der Waals surface area (Å²) in [5.74, 6) is 0. The molecule has 0 aromatic carbocycles. The van der Waals surface area contributed by atoms with Gasteiger partial charge in [0.1, 0.15) is 0 Å². The fourth-order valence-corrected chi connectivity index (χ4v) is 6.12. The van der Waals surface area contributed by atoms with Gasteiger partial charge in [-0.1, -0.05) is 130 Å². The van der Waals surface area contributed by atoms with Crippen molar-refractivity contribution in [3.05, 3.63) is 0 Å². The van der Waals surface area contributed by atoms with Crippen LogP contribution >= 0.6 is 0 Å². The SMILES string of the molecule is CCCCCCC(CCCCCC)(CCNC)C(CCCCCC)(CCCCCC)NC. The van der Waals surface area contributed by atoms with Gasteiger partial charge in [0.15, 0.2) is 0 Å². The molecule has 0 fully saturated rings. The van der Waals surface area contributed by atoms with Crippen LogP contribution in [0.15, 0.2) is 0 Å². The van der Waals surface area contributed by atoms with Crippen LogP contribution < -0.4 is 10.6 Å². The Hall–Kier alpha value is -0.0800. The van der Waals surface area contributed by atoms with Gasteiger partial charge in [-0.3, -0.25) is 0 Å². The highest BCUT2D eigenvalue weighted by Gasteiger charge is 2.47. The molecule has 2 heteroatoms.